The van der Waals surface area contributed by atoms with Gasteiger partial charge in [-0.05, 0) is 0 Å². The van der Waals surface area contributed by atoms with Gasteiger partial charge in [-0.2, -0.15) is 0 Å². The number of hydrogen-bond acceptors (Lipinski definition) is 3. The van der Waals surface area contributed by atoms with E-state index in [1.165, 1.54) is 0 Å². The summed E-state index contributed by atoms with van der Waals surface area (Å²) in [6.07, 6.45) is 4.45. The molecule has 1 aromatic heterocycles. The third-order valence-electron chi connectivity index (χ3n) is 1.81. The van der Waals surface area contributed by atoms with Crippen LogP contribution >= 0.6 is 0 Å². The first-order valence-electron chi connectivity index (χ1n) is 6.34. The Labute approximate surface area is 107 Å². The summed E-state index contributed by atoms with van der Waals surface area (Å²) in [4.78, 5) is 10.6. The number of nitrogens with zero attached hydrogens (tertiary/aromatic N) is 3. The predicted molar refractivity (Wildman–Crippen MR) is 78.5 cm³/mol. The first-order chi connectivity index (χ1) is 8.19. The molecular formula is C14H27N3. The predicted octanol–water partition coefficient (Wildman–Crippen LogP) is 3.80. The topological polar surface area (TPSA) is 29.0 Å². The first kappa shape index (κ1) is 18.0. The van der Waals surface area contributed by atoms with Crippen LogP contribution in [0.15, 0.2) is 12.8 Å². The van der Waals surface area contributed by atoms with Crippen LogP contribution in [-0.2, 0) is 6.42 Å². The molecule has 1 heterocycles. The minimum Gasteiger partial charge on any atom is -0.362 e. The maximum Gasteiger partial charge on any atom is 0.139 e. The van der Waals surface area contributed by atoms with Gasteiger partial charge in [-0.15, -0.1) is 0 Å². The summed E-state index contributed by atoms with van der Waals surface area (Å²) >= 11 is 0. The van der Waals surface area contributed by atoms with Crippen molar-refractivity contribution in [2.24, 2.45) is 0 Å². The fourth-order valence-electron chi connectivity index (χ4n) is 1.09. The summed E-state index contributed by atoms with van der Waals surface area (Å²) < 4.78 is 0. The van der Waals surface area contributed by atoms with Gasteiger partial charge in [0.1, 0.15) is 11.6 Å². The molecule has 0 atom stereocenters. The van der Waals surface area contributed by atoms with Gasteiger partial charge in [-0.1, -0.05) is 47.3 Å². The van der Waals surface area contributed by atoms with Crippen molar-refractivity contribution in [2.75, 3.05) is 19.0 Å². The van der Waals surface area contributed by atoms with Crippen molar-refractivity contribution >= 4 is 11.9 Å². The van der Waals surface area contributed by atoms with Crippen molar-refractivity contribution in [1.29, 1.82) is 0 Å². The lowest BCUT2D eigenvalue weighted by Crippen LogP contribution is -2.13. The number of aryl methyl sites for hydroxylation is 1. The summed E-state index contributed by atoms with van der Waals surface area (Å²) in [6, 6.07) is 0. The van der Waals surface area contributed by atoms with Crippen LogP contribution in [-0.4, -0.2) is 24.1 Å². The van der Waals surface area contributed by atoms with Gasteiger partial charge in [0.05, 0.1) is 0 Å². The van der Waals surface area contributed by atoms with Gasteiger partial charge in [-0.25, -0.2) is 9.97 Å². The Balaban J connectivity index is 0. The van der Waals surface area contributed by atoms with Gasteiger partial charge < -0.3 is 4.90 Å². The fraction of sp³-hybridized carbons (Fsp3) is 0.571. The van der Waals surface area contributed by atoms with Crippen molar-refractivity contribution in [3.63, 3.8) is 0 Å². The largest absolute Gasteiger partial charge is 0.362 e. The molecule has 0 fully saturated rings. The van der Waals surface area contributed by atoms with Crippen molar-refractivity contribution in [3.8, 4) is 0 Å². The normalized spacial score (nSPS) is 8.18. The Kier molecular flexibility index (Phi) is 11.8. The molecule has 0 saturated heterocycles. The van der Waals surface area contributed by atoms with Crippen molar-refractivity contribution in [2.45, 2.75) is 41.0 Å². The third kappa shape index (κ3) is 6.05. The Morgan fingerprint density at radius 2 is 1.76 bits per heavy atom. The molecule has 1 rings (SSSR count). The van der Waals surface area contributed by atoms with E-state index in [4.69, 9.17) is 0 Å². The average molecular weight is 237 g/mol. The van der Waals surface area contributed by atoms with Crippen LogP contribution in [0.1, 0.15) is 46.0 Å². The van der Waals surface area contributed by atoms with Crippen LogP contribution in [0.3, 0.4) is 0 Å². The van der Waals surface area contributed by atoms with E-state index in [9.17, 15) is 0 Å². The highest BCUT2D eigenvalue weighted by Crippen LogP contribution is 2.15. The molecule has 0 aromatic carbocycles. The van der Waals surface area contributed by atoms with Crippen molar-refractivity contribution < 1.29 is 0 Å². The van der Waals surface area contributed by atoms with E-state index in [0.717, 1.165) is 23.6 Å². The highest BCUT2D eigenvalue weighted by atomic mass is 15.1. The minimum atomic E-state index is 0.859. The molecule has 0 unspecified atom stereocenters. The van der Waals surface area contributed by atoms with Crippen LogP contribution in [0.2, 0.25) is 0 Å². The van der Waals surface area contributed by atoms with E-state index in [-0.39, 0.29) is 0 Å². The molecule has 3 heteroatoms. The van der Waals surface area contributed by atoms with Crippen LogP contribution in [0.5, 0.6) is 0 Å². The molecule has 17 heavy (non-hydrogen) atoms. The number of rotatable bonds is 3. The van der Waals surface area contributed by atoms with Crippen molar-refractivity contribution in [1.82, 2.24) is 9.97 Å². The molecule has 0 bridgehead atoms. The summed E-state index contributed by atoms with van der Waals surface area (Å²) in [6.45, 7) is 13.8. The first-order valence-corrected chi connectivity index (χ1v) is 6.34. The molecule has 98 valence electrons. The second kappa shape index (κ2) is 11.1. The number of aromatic nitrogens is 2. The zero-order chi connectivity index (χ0) is 13.8. The molecule has 0 amide bonds. The molecule has 0 aliphatic heterocycles. The Morgan fingerprint density at radius 3 is 2.12 bits per heavy atom. The smallest absolute Gasteiger partial charge is 0.139 e. The lowest BCUT2D eigenvalue weighted by molar-refractivity contribution is 0.913. The Hall–Kier alpha value is -1.38. The Morgan fingerprint density at radius 1 is 1.24 bits per heavy atom. The van der Waals surface area contributed by atoms with Gasteiger partial charge in [0.25, 0.3) is 0 Å². The SMILES string of the molecule is C=Cc1cnc(CC)nc1N(C)C.CC.CC. The van der Waals surface area contributed by atoms with Gasteiger partial charge in [0, 0.05) is 32.3 Å². The van der Waals surface area contributed by atoms with E-state index in [2.05, 4.69) is 16.5 Å². The highest BCUT2D eigenvalue weighted by Gasteiger charge is 2.04. The minimum absolute atomic E-state index is 0.859. The number of hydrogen-bond donors (Lipinski definition) is 0. The van der Waals surface area contributed by atoms with E-state index in [1.54, 1.807) is 6.08 Å². The zero-order valence-electron chi connectivity index (χ0n) is 12.4. The second-order valence-corrected chi connectivity index (χ2v) is 3.02. The van der Waals surface area contributed by atoms with E-state index >= 15 is 0 Å². The van der Waals surface area contributed by atoms with Crippen LogP contribution in [0.25, 0.3) is 6.08 Å². The highest BCUT2D eigenvalue weighted by molar-refractivity contribution is 5.61. The van der Waals surface area contributed by atoms with Crippen LogP contribution < -0.4 is 4.90 Å². The number of anilines is 1. The van der Waals surface area contributed by atoms with Gasteiger partial charge in [-0.3, -0.25) is 0 Å². The summed E-state index contributed by atoms with van der Waals surface area (Å²) in [5.74, 6) is 1.80. The average Bonchev–Trinajstić information content (AvgIpc) is 2.42. The van der Waals surface area contributed by atoms with Crippen LogP contribution in [0, 0.1) is 0 Å². The second-order valence-electron chi connectivity index (χ2n) is 3.02. The van der Waals surface area contributed by atoms with Crippen LogP contribution in [0.4, 0.5) is 5.82 Å². The van der Waals surface area contributed by atoms with Crippen molar-refractivity contribution in [3.05, 3.63) is 24.2 Å². The van der Waals surface area contributed by atoms with Gasteiger partial charge in [0.15, 0.2) is 0 Å². The molecule has 0 saturated carbocycles. The molecular weight excluding hydrogens is 210 g/mol. The van der Waals surface area contributed by atoms with Gasteiger partial charge >= 0.3 is 0 Å². The fourth-order valence-corrected chi connectivity index (χ4v) is 1.09. The quantitative estimate of drug-likeness (QED) is 0.800. The lowest BCUT2D eigenvalue weighted by atomic mass is 10.3. The molecule has 0 N–H and O–H groups in total. The molecule has 0 aliphatic rings. The standard InChI is InChI=1S/C10H15N3.2C2H6/c1-5-8-7-11-9(6-2)12-10(8)13(3)4;2*1-2/h5,7H,1,6H2,2-4H3;2*1-2H3. The monoisotopic (exact) mass is 237 g/mol. The lowest BCUT2D eigenvalue weighted by Gasteiger charge is -2.14. The van der Waals surface area contributed by atoms with E-state index < -0.39 is 0 Å². The molecule has 0 radical (unpaired) electrons. The zero-order valence-corrected chi connectivity index (χ0v) is 12.4. The summed E-state index contributed by atoms with van der Waals surface area (Å²) in [5, 5.41) is 0. The van der Waals surface area contributed by atoms with Gasteiger partial charge in [0.2, 0.25) is 0 Å². The molecule has 1 aromatic rings. The Bertz CT molecular complexity index is 306. The summed E-state index contributed by atoms with van der Waals surface area (Å²) in [5.41, 5.74) is 0.974. The third-order valence-corrected chi connectivity index (χ3v) is 1.81. The maximum absolute atomic E-state index is 4.41. The molecule has 3 nitrogen and oxygen atoms in total. The van der Waals surface area contributed by atoms with E-state index in [1.807, 2.05) is 59.8 Å². The molecule has 0 aliphatic carbocycles. The van der Waals surface area contributed by atoms with E-state index in [0.29, 0.717) is 0 Å². The maximum atomic E-state index is 4.41. The summed E-state index contributed by atoms with van der Waals surface area (Å²) in [7, 11) is 3.93. The molecule has 0 spiro atoms.